The number of hydrogen-bond donors (Lipinski definition) is 2. The Morgan fingerprint density at radius 3 is 2.15 bits per heavy atom. The zero-order chi connectivity index (χ0) is 15.0. The summed E-state index contributed by atoms with van der Waals surface area (Å²) in [5.74, 6) is -0.457. The van der Waals surface area contributed by atoms with Crippen molar-refractivity contribution in [3.05, 3.63) is 35.9 Å². The van der Waals surface area contributed by atoms with Gasteiger partial charge in [-0.3, -0.25) is 10.2 Å². The molecule has 5 nitrogen and oxygen atoms in total. The number of amides is 1. The zero-order valence-electron chi connectivity index (χ0n) is 11.9. The van der Waals surface area contributed by atoms with Gasteiger partial charge in [-0.1, -0.05) is 44.9 Å². The number of carbonyl (C=O) groups excluding carboxylic acids is 1. The molecule has 0 aromatic heterocycles. The molecule has 0 atom stereocenters. The second-order valence-electron chi connectivity index (χ2n) is 4.67. The van der Waals surface area contributed by atoms with Crippen LogP contribution in [0.5, 0.6) is 0 Å². The predicted molar refractivity (Wildman–Crippen MR) is 79.6 cm³/mol. The molecule has 1 aromatic rings. The van der Waals surface area contributed by atoms with Crippen molar-refractivity contribution in [1.82, 2.24) is 10.3 Å². The van der Waals surface area contributed by atoms with Crippen molar-refractivity contribution < 1.29 is 13.2 Å². The van der Waals surface area contributed by atoms with Crippen molar-refractivity contribution in [2.75, 3.05) is 0 Å². The second-order valence-corrected chi connectivity index (χ2v) is 6.63. The maximum Gasteiger partial charge on any atom is 0.266 e. The summed E-state index contributed by atoms with van der Waals surface area (Å²) < 4.78 is 24.2. The molecule has 6 heteroatoms. The van der Waals surface area contributed by atoms with E-state index in [1.165, 1.54) is 0 Å². The molecule has 1 amide bonds. The summed E-state index contributed by atoms with van der Waals surface area (Å²) in [5, 5.41) is -0.464. The van der Waals surface area contributed by atoms with Gasteiger partial charge in [0.2, 0.25) is 10.0 Å². The monoisotopic (exact) mass is 298 g/mol. The molecular formula is C14H22N2O3S. The Hall–Kier alpha value is -1.40. The first-order valence-electron chi connectivity index (χ1n) is 6.87. The molecule has 0 saturated heterocycles. The molecule has 1 aromatic carbocycles. The lowest BCUT2D eigenvalue weighted by atomic mass is 10.2. The fourth-order valence-electron chi connectivity index (χ4n) is 1.96. The predicted octanol–water partition coefficient (Wildman–Crippen LogP) is 2.22. The molecule has 0 aliphatic carbocycles. The van der Waals surface area contributed by atoms with E-state index in [2.05, 4.69) is 10.3 Å². The molecule has 0 unspecified atom stereocenters. The summed E-state index contributed by atoms with van der Waals surface area (Å²) in [4.78, 5) is 14.0. The van der Waals surface area contributed by atoms with Gasteiger partial charge in [0.25, 0.3) is 5.91 Å². The molecule has 0 fully saturated rings. The van der Waals surface area contributed by atoms with E-state index in [1.807, 2.05) is 13.8 Å². The minimum Gasteiger partial charge on any atom is -0.274 e. The van der Waals surface area contributed by atoms with E-state index in [0.29, 0.717) is 18.4 Å². The van der Waals surface area contributed by atoms with Crippen LogP contribution in [-0.4, -0.2) is 19.6 Å². The number of rotatable bonds is 8. The van der Waals surface area contributed by atoms with Crippen LogP contribution >= 0.6 is 0 Å². The maximum atomic E-state index is 12.1. The molecule has 112 valence electrons. The highest BCUT2D eigenvalue weighted by atomic mass is 32.2. The first-order chi connectivity index (χ1) is 9.51. The number of benzene rings is 1. The van der Waals surface area contributed by atoms with Crippen LogP contribution in [0.2, 0.25) is 0 Å². The quantitative estimate of drug-likeness (QED) is 0.723. The number of nitrogens with one attached hydrogen (secondary N) is 2. The minimum absolute atomic E-state index is 0.415. The number of sulfonamides is 1. The minimum atomic E-state index is -3.53. The fourth-order valence-corrected chi connectivity index (χ4v) is 3.45. The van der Waals surface area contributed by atoms with E-state index < -0.39 is 21.2 Å². The molecule has 0 aliphatic rings. The van der Waals surface area contributed by atoms with Gasteiger partial charge in [0.05, 0.1) is 5.25 Å². The fraction of sp³-hybridized carbons (Fsp3) is 0.500. The third-order valence-corrected chi connectivity index (χ3v) is 4.74. The summed E-state index contributed by atoms with van der Waals surface area (Å²) in [6, 6.07) is 8.48. The van der Waals surface area contributed by atoms with Gasteiger partial charge in [-0.25, -0.2) is 8.42 Å². The standard InChI is InChI=1S/C14H22N2O3S/c1-3-8-13(9-4-2)20(18,19)16-15-14(17)12-10-6-5-7-11-12/h5-7,10-11,13,16H,3-4,8-9H2,1-2H3,(H,15,17). The highest BCUT2D eigenvalue weighted by Crippen LogP contribution is 2.13. The van der Waals surface area contributed by atoms with Crippen molar-refractivity contribution in [3.63, 3.8) is 0 Å². The summed E-state index contributed by atoms with van der Waals surface area (Å²) in [6.07, 6.45) is 2.76. The van der Waals surface area contributed by atoms with E-state index in [-0.39, 0.29) is 0 Å². The summed E-state index contributed by atoms with van der Waals surface area (Å²) in [5.41, 5.74) is 2.67. The zero-order valence-corrected chi connectivity index (χ0v) is 12.7. The van der Waals surface area contributed by atoms with Crippen LogP contribution < -0.4 is 10.3 Å². The first-order valence-corrected chi connectivity index (χ1v) is 8.41. The molecule has 1 rings (SSSR count). The van der Waals surface area contributed by atoms with Crippen LogP contribution in [0.15, 0.2) is 30.3 Å². The van der Waals surface area contributed by atoms with Gasteiger partial charge in [0.15, 0.2) is 0 Å². The van der Waals surface area contributed by atoms with Crippen molar-refractivity contribution in [1.29, 1.82) is 0 Å². The van der Waals surface area contributed by atoms with Crippen molar-refractivity contribution in [2.24, 2.45) is 0 Å². The third kappa shape index (κ3) is 4.94. The van der Waals surface area contributed by atoms with E-state index in [0.717, 1.165) is 12.8 Å². The van der Waals surface area contributed by atoms with Crippen LogP contribution in [0, 0.1) is 0 Å². The Morgan fingerprint density at radius 1 is 1.10 bits per heavy atom. The van der Waals surface area contributed by atoms with Crippen molar-refractivity contribution >= 4 is 15.9 Å². The Morgan fingerprint density at radius 2 is 1.65 bits per heavy atom. The normalized spacial score (nSPS) is 11.6. The van der Waals surface area contributed by atoms with Gasteiger partial charge >= 0.3 is 0 Å². The van der Waals surface area contributed by atoms with Crippen molar-refractivity contribution in [3.8, 4) is 0 Å². The Bertz CT molecular complexity index is 508. The summed E-state index contributed by atoms with van der Waals surface area (Å²) in [7, 11) is -3.53. The van der Waals surface area contributed by atoms with E-state index in [1.54, 1.807) is 30.3 Å². The smallest absolute Gasteiger partial charge is 0.266 e. The molecule has 2 N–H and O–H groups in total. The van der Waals surface area contributed by atoms with Crippen LogP contribution in [-0.2, 0) is 10.0 Å². The van der Waals surface area contributed by atoms with Crippen LogP contribution in [0.25, 0.3) is 0 Å². The molecule has 20 heavy (non-hydrogen) atoms. The topological polar surface area (TPSA) is 75.3 Å². The van der Waals surface area contributed by atoms with Gasteiger partial charge in [0, 0.05) is 5.56 Å². The lowest BCUT2D eigenvalue weighted by molar-refractivity contribution is 0.0945. The highest BCUT2D eigenvalue weighted by Gasteiger charge is 2.24. The lowest BCUT2D eigenvalue weighted by Gasteiger charge is -2.17. The maximum absolute atomic E-state index is 12.1. The van der Waals surface area contributed by atoms with Crippen molar-refractivity contribution in [2.45, 2.75) is 44.8 Å². The van der Waals surface area contributed by atoms with Gasteiger partial charge in [-0.2, -0.15) is 0 Å². The average Bonchev–Trinajstić information content (AvgIpc) is 2.45. The van der Waals surface area contributed by atoms with Crippen LogP contribution in [0.4, 0.5) is 0 Å². The first kappa shape index (κ1) is 16.7. The number of carbonyl (C=O) groups is 1. The highest BCUT2D eigenvalue weighted by molar-refractivity contribution is 7.90. The molecular weight excluding hydrogens is 276 g/mol. The van der Waals surface area contributed by atoms with E-state index in [4.69, 9.17) is 0 Å². The Balaban J connectivity index is 2.64. The molecule has 0 bridgehead atoms. The van der Waals surface area contributed by atoms with Gasteiger partial charge in [0.1, 0.15) is 0 Å². The largest absolute Gasteiger partial charge is 0.274 e. The molecule has 0 radical (unpaired) electrons. The van der Waals surface area contributed by atoms with Gasteiger partial charge in [-0.05, 0) is 25.0 Å². The average molecular weight is 298 g/mol. The Kier molecular flexibility index (Phi) is 6.67. The molecule has 0 saturated carbocycles. The SMILES string of the molecule is CCCC(CCC)S(=O)(=O)NNC(=O)c1ccccc1. The Labute approximate surface area is 120 Å². The van der Waals surface area contributed by atoms with Crippen LogP contribution in [0.3, 0.4) is 0 Å². The summed E-state index contributed by atoms with van der Waals surface area (Å²) >= 11 is 0. The molecule has 0 aliphatic heterocycles. The van der Waals surface area contributed by atoms with E-state index in [9.17, 15) is 13.2 Å². The number of hydrogen-bond acceptors (Lipinski definition) is 3. The van der Waals surface area contributed by atoms with Gasteiger partial charge in [-0.15, -0.1) is 4.83 Å². The lowest BCUT2D eigenvalue weighted by Crippen LogP contribution is -2.46. The number of hydrazine groups is 1. The molecule has 0 heterocycles. The molecule has 0 spiro atoms. The second kappa shape index (κ2) is 8.01. The van der Waals surface area contributed by atoms with E-state index >= 15 is 0 Å². The van der Waals surface area contributed by atoms with Gasteiger partial charge < -0.3 is 0 Å². The third-order valence-electron chi connectivity index (χ3n) is 3.00. The van der Waals surface area contributed by atoms with Crippen LogP contribution in [0.1, 0.15) is 49.9 Å². The summed E-state index contributed by atoms with van der Waals surface area (Å²) in [6.45, 7) is 3.89.